The molecule has 0 bridgehead atoms. The van der Waals surface area contributed by atoms with Gasteiger partial charge in [0.15, 0.2) is 0 Å². The summed E-state index contributed by atoms with van der Waals surface area (Å²) < 4.78 is 12.2. The molecule has 3 fully saturated rings. The van der Waals surface area contributed by atoms with Crippen LogP contribution in [0.2, 0.25) is 0 Å². The zero-order chi connectivity index (χ0) is 23.1. The van der Waals surface area contributed by atoms with Crippen molar-refractivity contribution in [1.82, 2.24) is 20.0 Å². The minimum atomic E-state index is -0.208. The second-order valence-electron chi connectivity index (χ2n) is 10.2. The molecule has 3 saturated heterocycles. The van der Waals surface area contributed by atoms with Crippen LogP contribution in [0, 0.1) is 5.92 Å². The Balaban J connectivity index is 1.10. The van der Waals surface area contributed by atoms with Crippen LogP contribution >= 0.6 is 0 Å². The van der Waals surface area contributed by atoms with Crippen LogP contribution < -0.4 is 4.74 Å². The highest BCUT2D eigenvalue weighted by Gasteiger charge is 2.42. The van der Waals surface area contributed by atoms with Crippen molar-refractivity contribution in [2.45, 2.75) is 57.2 Å². The van der Waals surface area contributed by atoms with Gasteiger partial charge in [0.25, 0.3) is 5.91 Å². The highest BCUT2D eigenvalue weighted by molar-refractivity contribution is 5.96. The van der Waals surface area contributed by atoms with Crippen molar-refractivity contribution in [3.8, 4) is 17.0 Å². The summed E-state index contributed by atoms with van der Waals surface area (Å²) >= 11 is 0. The molecule has 1 aromatic heterocycles. The van der Waals surface area contributed by atoms with Gasteiger partial charge < -0.3 is 19.3 Å². The molecule has 0 radical (unpaired) electrons. The molecule has 8 heteroatoms. The van der Waals surface area contributed by atoms with E-state index in [1.54, 1.807) is 0 Å². The van der Waals surface area contributed by atoms with Crippen molar-refractivity contribution in [1.29, 1.82) is 0 Å². The summed E-state index contributed by atoms with van der Waals surface area (Å²) in [6.07, 6.45) is 6.38. The summed E-state index contributed by atoms with van der Waals surface area (Å²) in [5.41, 5.74) is 2.87. The van der Waals surface area contributed by atoms with Gasteiger partial charge in [-0.3, -0.25) is 14.7 Å². The molecule has 5 heterocycles. The third-order valence-electron chi connectivity index (χ3n) is 8.07. The molecule has 180 valence electrons. The molecule has 4 aliphatic rings. The summed E-state index contributed by atoms with van der Waals surface area (Å²) in [4.78, 5) is 30.0. The maximum atomic E-state index is 13.4. The molecule has 1 N–H and O–H groups in total. The van der Waals surface area contributed by atoms with E-state index < -0.39 is 0 Å². The topological polar surface area (TPSA) is 87.8 Å². The highest BCUT2D eigenvalue weighted by atomic mass is 16.5. The van der Waals surface area contributed by atoms with Gasteiger partial charge in [-0.25, -0.2) is 0 Å². The van der Waals surface area contributed by atoms with E-state index in [0.717, 1.165) is 74.2 Å². The van der Waals surface area contributed by atoms with Crippen molar-refractivity contribution in [3.63, 3.8) is 0 Å². The van der Waals surface area contributed by atoms with E-state index >= 15 is 0 Å². The first kappa shape index (κ1) is 21.6. The van der Waals surface area contributed by atoms with Gasteiger partial charge in [-0.05, 0) is 56.6 Å². The monoisotopic (exact) mass is 464 g/mol. The van der Waals surface area contributed by atoms with Crippen LogP contribution in [0.4, 0.5) is 0 Å². The molecule has 0 aliphatic carbocycles. The number of amides is 2. The first-order valence-electron chi connectivity index (χ1n) is 12.6. The summed E-state index contributed by atoms with van der Waals surface area (Å²) in [5.74, 6) is 1.46. The number of hydrogen-bond acceptors (Lipinski definition) is 5. The molecule has 2 amide bonds. The lowest BCUT2D eigenvalue weighted by molar-refractivity contribution is -0.140. The summed E-state index contributed by atoms with van der Waals surface area (Å²) in [6, 6.07) is 7.78. The van der Waals surface area contributed by atoms with Crippen LogP contribution in [0.25, 0.3) is 11.3 Å². The van der Waals surface area contributed by atoms with Crippen molar-refractivity contribution in [3.05, 3.63) is 35.5 Å². The first-order valence-corrected chi connectivity index (χ1v) is 12.6. The standard InChI is InChI=1S/C26H32N4O4/c31-22(29-10-3-4-11-29)15-18-7-14-34-26(16-18)8-12-30(13-9-26)25(32)24-20-17-33-21-6-2-1-5-19(21)23(20)27-28-24/h1-2,5-6,18H,3-4,7-17H2,(H,27,28). The van der Waals surface area contributed by atoms with Crippen LogP contribution in [-0.2, 0) is 16.1 Å². The average molecular weight is 465 g/mol. The van der Waals surface area contributed by atoms with Gasteiger partial charge in [0.2, 0.25) is 5.91 Å². The lowest BCUT2D eigenvalue weighted by Crippen LogP contribution is -2.51. The Morgan fingerprint density at radius 3 is 2.71 bits per heavy atom. The number of likely N-dealkylation sites (tertiary alicyclic amines) is 2. The fourth-order valence-electron chi connectivity index (χ4n) is 6.11. The Bertz CT molecular complexity index is 1080. The molecule has 1 unspecified atom stereocenters. The van der Waals surface area contributed by atoms with Crippen LogP contribution in [0.1, 0.15) is 61.0 Å². The molecule has 34 heavy (non-hydrogen) atoms. The maximum Gasteiger partial charge on any atom is 0.272 e. The van der Waals surface area contributed by atoms with E-state index in [2.05, 4.69) is 10.2 Å². The Morgan fingerprint density at radius 1 is 1.09 bits per heavy atom. The van der Waals surface area contributed by atoms with Crippen LogP contribution in [0.5, 0.6) is 5.75 Å². The molecule has 0 saturated carbocycles. The summed E-state index contributed by atoms with van der Waals surface area (Å²) in [5, 5.41) is 7.44. The van der Waals surface area contributed by atoms with Gasteiger partial charge in [0.05, 0.1) is 5.60 Å². The molecular weight excluding hydrogens is 432 g/mol. The number of piperidine rings is 1. The molecule has 2 aromatic rings. The summed E-state index contributed by atoms with van der Waals surface area (Å²) in [6.45, 7) is 4.18. The number of para-hydroxylation sites is 1. The largest absolute Gasteiger partial charge is 0.488 e. The van der Waals surface area contributed by atoms with Gasteiger partial charge in [-0.2, -0.15) is 5.10 Å². The van der Waals surface area contributed by atoms with Gasteiger partial charge in [0, 0.05) is 50.3 Å². The molecule has 1 atom stereocenters. The van der Waals surface area contributed by atoms with Gasteiger partial charge >= 0.3 is 0 Å². The predicted octanol–water partition coefficient (Wildman–Crippen LogP) is 3.38. The minimum absolute atomic E-state index is 0.0249. The Labute approximate surface area is 199 Å². The number of aromatic amines is 1. The van der Waals surface area contributed by atoms with Gasteiger partial charge in [0.1, 0.15) is 23.7 Å². The Hall–Kier alpha value is -2.87. The van der Waals surface area contributed by atoms with E-state index in [-0.39, 0.29) is 11.5 Å². The van der Waals surface area contributed by atoms with E-state index in [0.29, 0.717) is 50.2 Å². The number of aromatic nitrogens is 2. The number of H-pyrrole nitrogens is 1. The lowest BCUT2D eigenvalue weighted by Gasteiger charge is -2.46. The SMILES string of the molecule is O=C(CC1CCOC2(CCN(C(=O)c3[nH]nc4c3COc3ccccc3-4)CC2)C1)N1CCCC1. The Kier molecular flexibility index (Phi) is 5.56. The number of rotatable bonds is 3. The number of carbonyl (C=O) groups is 2. The third-order valence-corrected chi connectivity index (χ3v) is 8.07. The van der Waals surface area contributed by atoms with Gasteiger partial charge in [-0.15, -0.1) is 0 Å². The zero-order valence-corrected chi connectivity index (χ0v) is 19.6. The first-order chi connectivity index (χ1) is 16.6. The predicted molar refractivity (Wildman–Crippen MR) is 125 cm³/mol. The molecule has 1 spiro atoms. The number of nitrogens with one attached hydrogen (secondary N) is 1. The van der Waals surface area contributed by atoms with Crippen LogP contribution in [-0.4, -0.2) is 70.2 Å². The number of ether oxygens (including phenoxy) is 2. The van der Waals surface area contributed by atoms with E-state index in [1.165, 1.54) is 0 Å². The van der Waals surface area contributed by atoms with Crippen molar-refractivity contribution in [2.75, 3.05) is 32.8 Å². The number of benzene rings is 1. The number of fused-ring (bicyclic) bond motifs is 3. The maximum absolute atomic E-state index is 13.4. The third kappa shape index (κ3) is 3.87. The van der Waals surface area contributed by atoms with Crippen molar-refractivity contribution < 1.29 is 19.1 Å². The molecule has 4 aliphatic heterocycles. The van der Waals surface area contributed by atoms with Crippen molar-refractivity contribution >= 4 is 11.8 Å². The zero-order valence-electron chi connectivity index (χ0n) is 19.6. The minimum Gasteiger partial charge on any atom is -0.488 e. The smallest absolute Gasteiger partial charge is 0.272 e. The second-order valence-corrected chi connectivity index (χ2v) is 10.2. The second kappa shape index (κ2) is 8.73. The Morgan fingerprint density at radius 2 is 1.88 bits per heavy atom. The fraction of sp³-hybridized carbons (Fsp3) is 0.577. The van der Waals surface area contributed by atoms with Crippen LogP contribution in [0.3, 0.4) is 0 Å². The molecule has 6 rings (SSSR count). The number of hydrogen-bond donors (Lipinski definition) is 1. The van der Waals surface area contributed by atoms with Gasteiger partial charge in [-0.1, -0.05) is 12.1 Å². The number of nitrogens with zero attached hydrogens (tertiary/aromatic N) is 3. The lowest BCUT2D eigenvalue weighted by atomic mass is 9.78. The number of carbonyl (C=O) groups excluding carboxylic acids is 2. The van der Waals surface area contributed by atoms with E-state index in [1.807, 2.05) is 34.1 Å². The molecular formula is C26H32N4O4. The van der Waals surface area contributed by atoms with Crippen LogP contribution in [0.15, 0.2) is 24.3 Å². The molecule has 8 nitrogen and oxygen atoms in total. The molecule has 1 aromatic carbocycles. The normalized spacial score (nSPS) is 23.4. The quantitative estimate of drug-likeness (QED) is 0.752. The fourth-order valence-corrected chi connectivity index (χ4v) is 6.11. The highest BCUT2D eigenvalue weighted by Crippen LogP contribution is 2.40. The van der Waals surface area contributed by atoms with E-state index in [9.17, 15) is 9.59 Å². The van der Waals surface area contributed by atoms with E-state index in [4.69, 9.17) is 9.47 Å². The van der Waals surface area contributed by atoms with Crippen molar-refractivity contribution in [2.24, 2.45) is 5.92 Å². The summed E-state index contributed by atoms with van der Waals surface area (Å²) in [7, 11) is 0. The average Bonchev–Trinajstić information content (AvgIpc) is 3.55.